The zero-order valence-corrected chi connectivity index (χ0v) is 22.8. The number of dihydropyridines is 1. The van der Waals surface area contributed by atoms with Gasteiger partial charge in [-0.25, -0.2) is 9.59 Å². The van der Waals surface area contributed by atoms with Crippen LogP contribution in [0.5, 0.6) is 0 Å². The third kappa shape index (κ3) is 6.65. The van der Waals surface area contributed by atoms with Crippen LogP contribution in [0.1, 0.15) is 52.0 Å². The molecule has 0 amide bonds. The molecule has 0 saturated heterocycles. The number of hydrogen-bond acceptors (Lipinski definition) is 7. The minimum Gasteiger partial charge on any atom is -0.466 e. The van der Waals surface area contributed by atoms with Gasteiger partial charge in [-0.2, -0.15) is 0 Å². The molecule has 2 rings (SSSR count). The van der Waals surface area contributed by atoms with Crippen LogP contribution < -0.4 is 5.32 Å². The molecule has 1 aliphatic heterocycles. The van der Waals surface area contributed by atoms with Crippen molar-refractivity contribution in [1.29, 1.82) is 0 Å². The van der Waals surface area contributed by atoms with E-state index in [1.54, 1.807) is 48.6 Å². The molecule has 0 spiro atoms. The second-order valence-corrected chi connectivity index (χ2v) is 10.9. The van der Waals surface area contributed by atoms with E-state index in [4.69, 9.17) is 32.7 Å². The zero-order chi connectivity index (χ0) is 24.5. The Morgan fingerprint density at radius 2 is 1.70 bits per heavy atom. The summed E-state index contributed by atoms with van der Waals surface area (Å²) in [7, 11) is 1.34. The van der Waals surface area contributed by atoms with Gasteiger partial charge in [0, 0.05) is 11.4 Å². The number of hydrogen-bond donors (Lipinski definition) is 1. The molecule has 182 valence electrons. The van der Waals surface area contributed by atoms with Gasteiger partial charge in [0.2, 0.25) is 0 Å². The van der Waals surface area contributed by atoms with Gasteiger partial charge in [0.15, 0.2) is 0 Å². The molecule has 1 aromatic carbocycles. The van der Waals surface area contributed by atoms with Crippen molar-refractivity contribution in [2.75, 3.05) is 25.2 Å². The van der Waals surface area contributed by atoms with Crippen LogP contribution in [-0.2, 0) is 19.1 Å². The Bertz CT molecular complexity index is 925. The summed E-state index contributed by atoms with van der Waals surface area (Å²) in [6, 6.07) is 5.21. The summed E-state index contributed by atoms with van der Waals surface area (Å²) < 4.78 is 10.5. The van der Waals surface area contributed by atoms with Crippen molar-refractivity contribution in [1.82, 2.24) is 5.32 Å². The molecule has 1 heterocycles. The summed E-state index contributed by atoms with van der Waals surface area (Å²) >= 11 is 16.5. The molecule has 33 heavy (non-hydrogen) atoms. The van der Waals surface area contributed by atoms with Gasteiger partial charge in [-0.1, -0.05) is 49.2 Å². The van der Waals surface area contributed by atoms with Gasteiger partial charge >= 0.3 is 11.9 Å². The van der Waals surface area contributed by atoms with E-state index in [9.17, 15) is 9.59 Å². The van der Waals surface area contributed by atoms with Crippen LogP contribution in [0, 0.1) is 0 Å². The van der Waals surface area contributed by atoms with E-state index < -0.39 is 17.9 Å². The molecule has 1 aromatic rings. The van der Waals surface area contributed by atoms with Gasteiger partial charge in [0.05, 0.1) is 45.4 Å². The Morgan fingerprint density at radius 3 is 2.24 bits per heavy atom. The topological polar surface area (TPSA) is 64.6 Å². The molecule has 5 nitrogen and oxygen atoms in total. The molecular formula is C24H31Cl2NO4S2. The average molecular weight is 533 g/mol. The molecule has 0 fully saturated rings. The Hall–Kier alpha value is -1.28. The number of rotatable bonds is 11. The van der Waals surface area contributed by atoms with Crippen LogP contribution in [0.2, 0.25) is 10.0 Å². The number of carbonyl (C=O) groups excluding carboxylic acids is 2. The number of benzene rings is 1. The van der Waals surface area contributed by atoms with Crippen LogP contribution >= 0.6 is 46.7 Å². The van der Waals surface area contributed by atoms with Gasteiger partial charge in [-0.05, 0) is 49.8 Å². The zero-order valence-electron chi connectivity index (χ0n) is 19.6. The summed E-state index contributed by atoms with van der Waals surface area (Å²) in [5, 5.41) is 4.00. The maximum Gasteiger partial charge on any atom is 0.336 e. The predicted octanol–water partition coefficient (Wildman–Crippen LogP) is 6.56. The van der Waals surface area contributed by atoms with Crippen LogP contribution in [0.3, 0.4) is 0 Å². The maximum atomic E-state index is 13.3. The molecule has 1 unspecified atom stereocenters. The highest BCUT2D eigenvalue weighted by Gasteiger charge is 2.41. The van der Waals surface area contributed by atoms with Crippen LogP contribution in [0.15, 0.2) is 40.7 Å². The molecule has 9 heteroatoms. The van der Waals surface area contributed by atoms with Crippen molar-refractivity contribution in [3.8, 4) is 0 Å². The van der Waals surface area contributed by atoms with Crippen molar-refractivity contribution in [3.05, 3.63) is 56.3 Å². The summed E-state index contributed by atoms with van der Waals surface area (Å²) in [4.78, 5) is 26.3. The summed E-state index contributed by atoms with van der Waals surface area (Å²) in [5.41, 5.74) is 2.59. The molecule has 0 saturated carbocycles. The van der Waals surface area contributed by atoms with Crippen molar-refractivity contribution >= 4 is 58.7 Å². The number of allylic oxidation sites excluding steroid dienone is 1. The number of esters is 2. The molecular weight excluding hydrogens is 501 g/mol. The number of ether oxygens (including phenoxy) is 2. The Balaban J connectivity index is 2.81. The monoisotopic (exact) mass is 531 g/mol. The first-order valence-corrected chi connectivity index (χ1v) is 13.8. The van der Waals surface area contributed by atoms with Gasteiger partial charge in [0.1, 0.15) is 0 Å². The molecule has 0 aromatic heterocycles. The SMILES string of the molecule is CCCSC(SCCC)C1=C(C(=O)OC)C(c2cccc(Cl)c2Cl)C(C(=O)OCC)=C(C)N1. The Labute approximate surface area is 215 Å². The third-order valence-corrected chi connectivity index (χ3v) is 8.98. The number of nitrogens with one attached hydrogen (secondary N) is 1. The van der Waals surface area contributed by atoms with E-state index in [-0.39, 0.29) is 11.2 Å². The minimum absolute atomic E-state index is 0.0434. The summed E-state index contributed by atoms with van der Waals surface area (Å²) in [6.45, 7) is 8.01. The molecule has 1 N–H and O–H groups in total. The number of methoxy groups -OCH3 is 1. The number of halogens is 2. The Kier molecular flexibility index (Phi) is 11.5. The molecule has 0 aliphatic carbocycles. The lowest BCUT2D eigenvalue weighted by atomic mass is 9.80. The highest BCUT2D eigenvalue weighted by atomic mass is 35.5. The van der Waals surface area contributed by atoms with Gasteiger partial charge in [0.25, 0.3) is 0 Å². The largest absolute Gasteiger partial charge is 0.466 e. The van der Waals surface area contributed by atoms with Crippen LogP contribution in [0.4, 0.5) is 0 Å². The van der Waals surface area contributed by atoms with E-state index >= 15 is 0 Å². The summed E-state index contributed by atoms with van der Waals surface area (Å²) in [6.07, 6.45) is 2.00. The fourth-order valence-electron chi connectivity index (χ4n) is 3.58. The Morgan fingerprint density at radius 1 is 1.06 bits per heavy atom. The normalized spacial score (nSPS) is 16.2. The van der Waals surface area contributed by atoms with Crippen molar-refractivity contribution in [2.24, 2.45) is 0 Å². The first-order valence-electron chi connectivity index (χ1n) is 11.0. The van der Waals surface area contributed by atoms with E-state index in [2.05, 4.69) is 19.2 Å². The minimum atomic E-state index is -0.772. The molecule has 0 bridgehead atoms. The highest BCUT2D eigenvalue weighted by Crippen LogP contribution is 2.46. The van der Waals surface area contributed by atoms with E-state index in [1.165, 1.54) is 7.11 Å². The van der Waals surface area contributed by atoms with Crippen LogP contribution in [-0.4, -0.2) is 41.7 Å². The fraction of sp³-hybridized carbons (Fsp3) is 0.500. The average Bonchev–Trinajstić information content (AvgIpc) is 2.80. The van der Waals surface area contributed by atoms with Gasteiger partial charge < -0.3 is 14.8 Å². The first kappa shape index (κ1) is 28.0. The lowest BCUT2D eigenvalue weighted by Crippen LogP contribution is -2.36. The third-order valence-electron chi connectivity index (χ3n) is 4.97. The van der Waals surface area contributed by atoms with E-state index in [1.807, 2.05) is 6.92 Å². The molecule has 1 aliphatic rings. The van der Waals surface area contributed by atoms with Gasteiger partial charge in [-0.3, -0.25) is 0 Å². The first-order chi connectivity index (χ1) is 15.8. The molecule has 1 atom stereocenters. The van der Waals surface area contributed by atoms with Crippen molar-refractivity contribution < 1.29 is 19.1 Å². The van der Waals surface area contributed by atoms with E-state index in [0.29, 0.717) is 32.5 Å². The smallest absolute Gasteiger partial charge is 0.336 e. The highest BCUT2D eigenvalue weighted by molar-refractivity contribution is 8.17. The predicted molar refractivity (Wildman–Crippen MR) is 140 cm³/mol. The number of carbonyl (C=O) groups is 2. The van der Waals surface area contributed by atoms with Crippen molar-refractivity contribution in [2.45, 2.75) is 51.0 Å². The quantitative estimate of drug-likeness (QED) is 0.256. The maximum absolute atomic E-state index is 13.3. The molecule has 0 radical (unpaired) electrons. The number of thioether (sulfide) groups is 2. The van der Waals surface area contributed by atoms with E-state index in [0.717, 1.165) is 30.0 Å². The second-order valence-electron chi connectivity index (χ2n) is 7.35. The standard InChI is InChI=1S/C24H31Cl2NO4S2/c1-6-12-32-24(33-13-7-2)21-19(22(28)30-5)18(15-10-9-11-16(25)20(15)26)17(14(4)27-21)23(29)31-8-3/h9-11,18,24,27H,6-8,12-13H2,1-5H3. The lowest BCUT2D eigenvalue weighted by molar-refractivity contribution is -0.139. The summed E-state index contributed by atoms with van der Waals surface area (Å²) in [5.74, 6) is 0.0506. The van der Waals surface area contributed by atoms with Gasteiger partial charge in [-0.15, -0.1) is 23.5 Å². The van der Waals surface area contributed by atoms with Crippen molar-refractivity contribution in [3.63, 3.8) is 0 Å². The fourth-order valence-corrected chi connectivity index (χ4v) is 6.56. The second kappa shape index (κ2) is 13.6. The lowest BCUT2D eigenvalue weighted by Gasteiger charge is -2.34. The van der Waals surface area contributed by atoms with Crippen LogP contribution in [0.25, 0.3) is 0 Å².